The third-order valence-corrected chi connectivity index (χ3v) is 3.89. The average molecular weight is 303 g/mol. The molecule has 0 aliphatic carbocycles. The second kappa shape index (κ2) is 2.91. The van der Waals surface area contributed by atoms with Crippen molar-refractivity contribution in [3.05, 3.63) is 10.1 Å². The van der Waals surface area contributed by atoms with E-state index in [1.165, 1.54) is 22.0 Å². The number of hydrogen-bond acceptors (Lipinski definition) is 5. The van der Waals surface area contributed by atoms with Gasteiger partial charge in [-0.15, -0.1) is 5.10 Å². The van der Waals surface area contributed by atoms with Crippen LogP contribution in [0, 0.1) is 0 Å². The minimum Gasteiger partial charge on any atom is -0.225 e. The van der Waals surface area contributed by atoms with Crippen molar-refractivity contribution >= 4 is 52.0 Å². The Bertz CT molecular complexity index is 559. The quantitative estimate of drug-likeness (QED) is 0.749. The lowest BCUT2D eigenvalue weighted by Gasteiger charge is -1.88. The molecular formula is C4HBrClN3O2S2. The van der Waals surface area contributed by atoms with Gasteiger partial charge < -0.3 is 0 Å². The van der Waals surface area contributed by atoms with Crippen LogP contribution in [0.3, 0.4) is 0 Å². The maximum Gasteiger partial charge on any atom is 0.280 e. The normalized spacial score (nSPS) is 12.5. The van der Waals surface area contributed by atoms with E-state index in [-0.39, 0.29) is 5.03 Å². The van der Waals surface area contributed by atoms with E-state index in [0.29, 0.717) is 8.88 Å². The Morgan fingerprint density at radius 3 is 2.92 bits per heavy atom. The highest BCUT2D eigenvalue weighted by Crippen LogP contribution is 2.23. The van der Waals surface area contributed by atoms with E-state index in [1.54, 1.807) is 0 Å². The van der Waals surface area contributed by atoms with Crippen LogP contribution in [0.4, 0.5) is 0 Å². The molecule has 0 aromatic carbocycles. The van der Waals surface area contributed by atoms with Gasteiger partial charge in [-0.3, -0.25) is 0 Å². The summed E-state index contributed by atoms with van der Waals surface area (Å²) in [5.74, 6) is 0. The largest absolute Gasteiger partial charge is 0.280 e. The zero-order chi connectivity index (χ0) is 9.64. The number of fused-ring (bicyclic) bond motifs is 1. The molecule has 2 rings (SSSR count). The van der Waals surface area contributed by atoms with E-state index >= 15 is 0 Å². The van der Waals surface area contributed by atoms with E-state index in [9.17, 15) is 8.42 Å². The lowest BCUT2D eigenvalue weighted by Crippen LogP contribution is -1.96. The average Bonchev–Trinajstić information content (AvgIpc) is 2.41. The molecular weight excluding hydrogens is 302 g/mol. The Morgan fingerprint density at radius 1 is 1.62 bits per heavy atom. The first-order valence-electron chi connectivity index (χ1n) is 2.93. The maximum atomic E-state index is 11.0. The van der Waals surface area contributed by atoms with Gasteiger partial charge in [-0.25, -0.2) is 13.4 Å². The molecule has 0 aliphatic rings. The van der Waals surface area contributed by atoms with Crippen molar-refractivity contribution in [1.82, 2.24) is 14.6 Å². The molecule has 2 aromatic heterocycles. The number of aromatic nitrogens is 3. The summed E-state index contributed by atoms with van der Waals surface area (Å²) in [7, 11) is 1.37. The first-order valence-corrected chi connectivity index (χ1v) is 6.85. The maximum absolute atomic E-state index is 11.0. The molecule has 5 nitrogen and oxygen atoms in total. The highest BCUT2D eigenvalue weighted by atomic mass is 79.9. The van der Waals surface area contributed by atoms with Crippen LogP contribution in [0.2, 0.25) is 0 Å². The highest BCUT2D eigenvalue weighted by Gasteiger charge is 2.18. The molecule has 0 aliphatic heterocycles. The molecule has 2 aromatic rings. The van der Waals surface area contributed by atoms with Crippen molar-refractivity contribution in [2.24, 2.45) is 0 Å². The van der Waals surface area contributed by atoms with Crippen molar-refractivity contribution in [3.8, 4) is 0 Å². The Labute approximate surface area is 89.9 Å². The predicted molar refractivity (Wildman–Crippen MR) is 51.6 cm³/mol. The van der Waals surface area contributed by atoms with Crippen molar-refractivity contribution in [2.75, 3.05) is 0 Å². The molecule has 2 heterocycles. The van der Waals surface area contributed by atoms with Crippen molar-refractivity contribution in [3.63, 3.8) is 0 Å². The predicted octanol–water partition coefficient (Wildman–Crippen LogP) is 1.48. The molecule has 0 atom stereocenters. The molecule has 0 saturated heterocycles. The summed E-state index contributed by atoms with van der Waals surface area (Å²) in [6, 6.07) is 0. The molecule has 0 amide bonds. The summed E-state index contributed by atoms with van der Waals surface area (Å²) in [6.07, 6.45) is 1.17. The van der Waals surface area contributed by atoms with Crippen molar-refractivity contribution < 1.29 is 8.42 Å². The molecule has 70 valence electrons. The van der Waals surface area contributed by atoms with Gasteiger partial charge in [-0.1, -0.05) is 11.3 Å². The molecule has 0 fully saturated rings. The highest BCUT2D eigenvalue weighted by molar-refractivity contribution is 9.11. The van der Waals surface area contributed by atoms with Crippen LogP contribution in [0.1, 0.15) is 0 Å². The third-order valence-electron chi connectivity index (χ3n) is 1.28. The van der Waals surface area contributed by atoms with Crippen LogP contribution in [0.15, 0.2) is 15.1 Å². The lowest BCUT2D eigenvalue weighted by molar-refractivity contribution is 0.602. The van der Waals surface area contributed by atoms with Crippen molar-refractivity contribution in [2.45, 2.75) is 5.03 Å². The van der Waals surface area contributed by atoms with Crippen LogP contribution in [-0.4, -0.2) is 23.0 Å². The van der Waals surface area contributed by atoms with Crippen LogP contribution < -0.4 is 0 Å². The monoisotopic (exact) mass is 301 g/mol. The summed E-state index contributed by atoms with van der Waals surface area (Å²) >= 11 is 4.34. The van der Waals surface area contributed by atoms with Crippen molar-refractivity contribution in [1.29, 1.82) is 0 Å². The summed E-state index contributed by atoms with van der Waals surface area (Å²) in [5.41, 5.74) is 0. The number of rotatable bonds is 1. The fraction of sp³-hybridized carbons (Fsp3) is 0. The van der Waals surface area contributed by atoms with Gasteiger partial charge in [0.1, 0.15) is 0 Å². The van der Waals surface area contributed by atoms with Crippen LogP contribution in [-0.2, 0) is 9.05 Å². The second-order valence-corrected chi connectivity index (χ2v) is 6.83. The molecule has 9 heteroatoms. The van der Waals surface area contributed by atoms with Gasteiger partial charge in [0.05, 0.1) is 6.20 Å². The molecule has 0 spiro atoms. The Balaban J connectivity index is 2.84. The first-order chi connectivity index (χ1) is 5.98. The standard InChI is InChI=1S/C4HBrClN3O2S2/c5-3-8-9-2(13(6,10)11)1-7-4(9)12-3/h1H. The molecule has 0 bridgehead atoms. The van der Waals surface area contributed by atoms with Gasteiger partial charge in [-0.05, 0) is 15.9 Å². The fourth-order valence-corrected chi connectivity index (χ4v) is 2.90. The molecule has 0 unspecified atom stereocenters. The molecule has 0 N–H and O–H groups in total. The summed E-state index contributed by atoms with van der Waals surface area (Å²) < 4.78 is 23.7. The number of hydrogen-bond donors (Lipinski definition) is 0. The van der Waals surface area contributed by atoms with Gasteiger partial charge in [0.15, 0.2) is 8.94 Å². The van der Waals surface area contributed by atoms with E-state index in [4.69, 9.17) is 10.7 Å². The summed E-state index contributed by atoms with van der Waals surface area (Å²) in [4.78, 5) is 4.31. The zero-order valence-corrected chi connectivity index (χ0v) is 9.78. The number of nitrogens with zero attached hydrogens (tertiary/aromatic N) is 3. The van der Waals surface area contributed by atoms with Gasteiger partial charge in [0.25, 0.3) is 9.05 Å². The first kappa shape index (κ1) is 9.38. The van der Waals surface area contributed by atoms with E-state index < -0.39 is 9.05 Å². The Hall–Kier alpha value is -0.180. The molecule has 13 heavy (non-hydrogen) atoms. The van der Waals surface area contributed by atoms with Crippen LogP contribution >= 0.6 is 37.9 Å². The summed E-state index contributed by atoms with van der Waals surface area (Å²) in [6.45, 7) is 0. The topological polar surface area (TPSA) is 64.3 Å². The zero-order valence-electron chi connectivity index (χ0n) is 5.81. The van der Waals surface area contributed by atoms with Crippen LogP contribution in [0.5, 0.6) is 0 Å². The van der Waals surface area contributed by atoms with Gasteiger partial charge in [-0.2, -0.15) is 4.52 Å². The molecule has 0 saturated carbocycles. The van der Waals surface area contributed by atoms with Crippen LogP contribution in [0.25, 0.3) is 4.96 Å². The fourth-order valence-electron chi connectivity index (χ4n) is 0.816. The lowest BCUT2D eigenvalue weighted by atomic mass is 10.9. The number of imidazole rings is 1. The smallest absolute Gasteiger partial charge is 0.225 e. The van der Waals surface area contributed by atoms with E-state index in [1.807, 2.05) is 0 Å². The minimum absolute atomic E-state index is 0.119. The van der Waals surface area contributed by atoms with Gasteiger partial charge in [0.2, 0.25) is 4.96 Å². The number of halogens is 2. The van der Waals surface area contributed by atoms with Gasteiger partial charge in [0, 0.05) is 10.7 Å². The Kier molecular flexibility index (Phi) is 2.10. The van der Waals surface area contributed by atoms with E-state index in [0.717, 1.165) is 0 Å². The molecule has 0 radical (unpaired) electrons. The third kappa shape index (κ3) is 1.58. The minimum atomic E-state index is -3.78. The van der Waals surface area contributed by atoms with Gasteiger partial charge >= 0.3 is 0 Å². The SMILES string of the molecule is O=S(=O)(Cl)c1cnc2sc(Br)nn12. The van der Waals surface area contributed by atoms with E-state index in [2.05, 4.69) is 26.0 Å². The Morgan fingerprint density at radius 2 is 2.31 bits per heavy atom. The summed E-state index contributed by atoms with van der Waals surface area (Å²) in [5, 5.41) is 3.75. The second-order valence-electron chi connectivity index (χ2n) is 2.08.